The van der Waals surface area contributed by atoms with E-state index >= 15 is 0 Å². The highest BCUT2D eigenvalue weighted by Crippen LogP contribution is 2.39. The van der Waals surface area contributed by atoms with E-state index in [0.29, 0.717) is 25.8 Å². The Hall–Kier alpha value is -1.84. The van der Waals surface area contributed by atoms with Crippen LogP contribution < -0.4 is 10.2 Å². The third-order valence-corrected chi connectivity index (χ3v) is 4.05. The van der Waals surface area contributed by atoms with Gasteiger partial charge in [-0.05, 0) is 31.9 Å². The van der Waals surface area contributed by atoms with Crippen molar-refractivity contribution >= 4 is 17.5 Å². The molecule has 0 fully saturated rings. The second kappa shape index (κ2) is 6.51. The fourth-order valence-electron chi connectivity index (χ4n) is 3.02. The SMILES string of the molecule is CC(C)NC(=O)CCCN1C(=O)CC(C)(C)c2ccccc21. The molecule has 0 aromatic heterocycles. The van der Waals surface area contributed by atoms with E-state index in [1.807, 2.05) is 36.9 Å². The van der Waals surface area contributed by atoms with Crippen LogP contribution >= 0.6 is 0 Å². The van der Waals surface area contributed by atoms with Gasteiger partial charge in [-0.15, -0.1) is 0 Å². The molecule has 0 saturated heterocycles. The first-order chi connectivity index (χ1) is 10.3. The second-order valence-corrected chi connectivity index (χ2v) is 6.95. The molecule has 2 amide bonds. The van der Waals surface area contributed by atoms with E-state index in [1.165, 1.54) is 5.56 Å². The molecule has 4 heteroatoms. The van der Waals surface area contributed by atoms with Crippen LogP contribution in [0.2, 0.25) is 0 Å². The zero-order valence-electron chi connectivity index (χ0n) is 14.0. The Labute approximate surface area is 132 Å². The molecular formula is C18H26N2O2. The average molecular weight is 302 g/mol. The molecule has 22 heavy (non-hydrogen) atoms. The third-order valence-electron chi connectivity index (χ3n) is 4.05. The van der Waals surface area contributed by atoms with Crippen LogP contribution in [0.15, 0.2) is 24.3 Å². The van der Waals surface area contributed by atoms with Crippen molar-refractivity contribution in [1.82, 2.24) is 5.32 Å². The quantitative estimate of drug-likeness (QED) is 0.909. The lowest BCUT2D eigenvalue weighted by Gasteiger charge is -2.38. The van der Waals surface area contributed by atoms with E-state index in [4.69, 9.17) is 0 Å². The molecule has 1 aromatic carbocycles. The molecule has 0 unspecified atom stereocenters. The fourth-order valence-corrected chi connectivity index (χ4v) is 3.02. The number of para-hydroxylation sites is 1. The highest BCUT2D eigenvalue weighted by atomic mass is 16.2. The highest BCUT2D eigenvalue weighted by molar-refractivity contribution is 5.97. The van der Waals surface area contributed by atoms with Crippen molar-refractivity contribution in [3.05, 3.63) is 29.8 Å². The number of rotatable bonds is 5. The lowest BCUT2D eigenvalue weighted by Crippen LogP contribution is -2.42. The van der Waals surface area contributed by atoms with E-state index in [9.17, 15) is 9.59 Å². The smallest absolute Gasteiger partial charge is 0.227 e. The van der Waals surface area contributed by atoms with Gasteiger partial charge in [-0.2, -0.15) is 0 Å². The fraction of sp³-hybridized carbons (Fsp3) is 0.556. The van der Waals surface area contributed by atoms with Crippen molar-refractivity contribution in [1.29, 1.82) is 0 Å². The van der Waals surface area contributed by atoms with Gasteiger partial charge >= 0.3 is 0 Å². The van der Waals surface area contributed by atoms with Crippen LogP contribution in [0.4, 0.5) is 5.69 Å². The van der Waals surface area contributed by atoms with Gasteiger partial charge in [0.1, 0.15) is 0 Å². The molecule has 0 spiro atoms. The van der Waals surface area contributed by atoms with Crippen LogP contribution in [0.25, 0.3) is 0 Å². The summed E-state index contributed by atoms with van der Waals surface area (Å²) in [5.41, 5.74) is 2.08. The molecule has 0 bridgehead atoms. The number of benzene rings is 1. The summed E-state index contributed by atoms with van der Waals surface area (Å²) in [6.07, 6.45) is 1.65. The number of hydrogen-bond acceptors (Lipinski definition) is 2. The predicted molar refractivity (Wildman–Crippen MR) is 89.0 cm³/mol. The maximum absolute atomic E-state index is 12.5. The van der Waals surface area contributed by atoms with Gasteiger partial charge in [0.2, 0.25) is 11.8 Å². The minimum Gasteiger partial charge on any atom is -0.354 e. The number of fused-ring (bicyclic) bond motifs is 1. The van der Waals surface area contributed by atoms with Gasteiger partial charge in [0.15, 0.2) is 0 Å². The van der Waals surface area contributed by atoms with Gasteiger partial charge in [0.25, 0.3) is 0 Å². The Morgan fingerprint density at radius 2 is 2.00 bits per heavy atom. The third kappa shape index (κ3) is 3.67. The Bertz CT molecular complexity index is 564. The van der Waals surface area contributed by atoms with Gasteiger partial charge in [-0.1, -0.05) is 32.0 Å². The number of anilines is 1. The van der Waals surface area contributed by atoms with Crippen molar-refractivity contribution in [3.8, 4) is 0 Å². The van der Waals surface area contributed by atoms with E-state index in [0.717, 1.165) is 5.69 Å². The van der Waals surface area contributed by atoms with Crippen LogP contribution in [-0.4, -0.2) is 24.4 Å². The van der Waals surface area contributed by atoms with E-state index in [2.05, 4.69) is 25.2 Å². The van der Waals surface area contributed by atoms with Gasteiger partial charge in [-0.3, -0.25) is 9.59 Å². The summed E-state index contributed by atoms with van der Waals surface area (Å²) >= 11 is 0. The van der Waals surface area contributed by atoms with Gasteiger partial charge < -0.3 is 10.2 Å². The lowest BCUT2D eigenvalue weighted by atomic mass is 9.77. The number of amides is 2. The largest absolute Gasteiger partial charge is 0.354 e. The zero-order valence-corrected chi connectivity index (χ0v) is 14.0. The molecule has 1 heterocycles. The molecule has 0 saturated carbocycles. The first kappa shape index (κ1) is 16.5. The van der Waals surface area contributed by atoms with Crippen LogP contribution in [0.5, 0.6) is 0 Å². The average Bonchev–Trinajstić information content (AvgIpc) is 2.41. The monoisotopic (exact) mass is 302 g/mol. The van der Waals surface area contributed by atoms with E-state index in [1.54, 1.807) is 0 Å². The Morgan fingerprint density at radius 1 is 1.32 bits per heavy atom. The molecule has 2 rings (SSSR count). The first-order valence-electron chi connectivity index (χ1n) is 8.00. The maximum Gasteiger partial charge on any atom is 0.227 e. The molecule has 0 radical (unpaired) electrons. The molecule has 1 aromatic rings. The minimum absolute atomic E-state index is 0.0491. The molecule has 120 valence electrons. The van der Waals surface area contributed by atoms with Crippen LogP contribution in [0, 0.1) is 0 Å². The van der Waals surface area contributed by atoms with Gasteiger partial charge in [0, 0.05) is 36.5 Å². The lowest BCUT2D eigenvalue weighted by molar-refractivity contribution is -0.122. The van der Waals surface area contributed by atoms with Gasteiger partial charge in [0.05, 0.1) is 0 Å². The number of nitrogens with one attached hydrogen (secondary N) is 1. The predicted octanol–water partition coefficient (Wildman–Crippen LogP) is 3.01. The van der Waals surface area contributed by atoms with Crippen LogP contribution in [0.3, 0.4) is 0 Å². The number of hydrogen-bond donors (Lipinski definition) is 1. The highest BCUT2D eigenvalue weighted by Gasteiger charge is 2.35. The van der Waals surface area contributed by atoms with Crippen molar-refractivity contribution in [2.45, 2.75) is 58.4 Å². The molecule has 0 aliphatic carbocycles. The molecule has 4 nitrogen and oxygen atoms in total. The summed E-state index contributed by atoms with van der Waals surface area (Å²) in [5, 5.41) is 2.88. The molecule has 1 N–H and O–H groups in total. The zero-order chi connectivity index (χ0) is 16.3. The maximum atomic E-state index is 12.5. The topological polar surface area (TPSA) is 49.4 Å². The molecular weight excluding hydrogens is 276 g/mol. The number of carbonyl (C=O) groups excluding carboxylic acids is 2. The summed E-state index contributed by atoms with van der Waals surface area (Å²) in [6.45, 7) is 8.71. The summed E-state index contributed by atoms with van der Waals surface area (Å²) in [5.74, 6) is 0.195. The summed E-state index contributed by atoms with van der Waals surface area (Å²) < 4.78 is 0. The van der Waals surface area contributed by atoms with E-state index < -0.39 is 0 Å². The van der Waals surface area contributed by atoms with Crippen LogP contribution in [0.1, 0.15) is 52.5 Å². The van der Waals surface area contributed by atoms with Crippen molar-refractivity contribution in [3.63, 3.8) is 0 Å². The van der Waals surface area contributed by atoms with Crippen molar-refractivity contribution in [2.24, 2.45) is 0 Å². The number of nitrogens with zero attached hydrogens (tertiary/aromatic N) is 1. The Kier molecular flexibility index (Phi) is 4.89. The first-order valence-corrected chi connectivity index (χ1v) is 8.00. The summed E-state index contributed by atoms with van der Waals surface area (Å²) in [6, 6.07) is 8.24. The summed E-state index contributed by atoms with van der Waals surface area (Å²) in [4.78, 5) is 26.0. The standard InChI is InChI=1S/C18H26N2O2/c1-13(2)19-16(21)10-7-11-20-15-9-6-5-8-14(15)18(3,4)12-17(20)22/h5-6,8-9,13H,7,10-12H2,1-4H3,(H,19,21). The summed E-state index contributed by atoms with van der Waals surface area (Å²) in [7, 11) is 0. The second-order valence-electron chi connectivity index (χ2n) is 6.95. The van der Waals surface area contributed by atoms with Crippen LogP contribution in [-0.2, 0) is 15.0 Å². The number of carbonyl (C=O) groups is 2. The van der Waals surface area contributed by atoms with Crippen molar-refractivity contribution < 1.29 is 9.59 Å². The Balaban J connectivity index is 2.05. The Morgan fingerprint density at radius 3 is 2.68 bits per heavy atom. The molecule has 0 atom stereocenters. The van der Waals surface area contributed by atoms with Crippen molar-refractivity contribution in [2.75, 3.05) is 11.4 Å². The minimum atomic E-state index is -0.126. The van der Waals surface area contributed by atoms with Gasteiger partial charge in [-0.25, -0.2) is 0 Å². The van der Waals surface area contributed by atoms with E-state index in [-0.39, 0.29) is 23.3 Å². The normalized spacial score (nSPS) is 16.6. The molecule has 1 aliphatic rings. The molecule has 1 aliphatic heterocycles.